The zero-order valence-electron chi connectivity index (χ0n) is 17.0. The molecule has 27 heavy (non-hydrogen) atoms. The molecule has 3 amide bonds. The Bertz CT molecular complexity index is 640. The number of likely N-dealkylation sites (tertiary alicyclic amines) is 1. The van der Waals surface area contributed by atoms with Gasteiger partial charge in [-0.1, -0.05) is 19.1 Å². The molecule has 1 aliphatic rings. The van der Waals surface area contributed by atoms with Crippen LogP contribution in [0.25, 0.3) is 0 Å². The summed E-state index contributed by atoms with van der Waals surface area (Å²) in [5, 5.41) is 5.74. The first kappa shape index (κ1) is 21.1. The number of ether oxygens (including phenoxy) is 1. The van der Waals surface area contributed by atoms with E-state index in [0.29, 0.717) is 26.1 Å². The van der Waals surface area contributed by atoms with Crippen molar-refractivity contribution in [1.29, 1.82) is 0 Å². The van der Waals surface area contributed by atoms with Crippen molar-refractivity contribution in [2.45, 2.75) is 65.5 Å². The molecule has 0 aliphatic carbocycles. The van der Waals surface area contributed by atoms with Gasteiger partial charge in [0.2, 0.25) is 5.91 Å². The maximum absolute atomic E-state index is 12.3. The number of carbonyl (C=O) groups is 2. The molecule has 1 fully saturated rings. The Kier molecular flexibility index (Phi) is 7.95. The second-order valence-corrected chi connectivity index (χ2v) is 7.43. The molecular formula is C21H33N3O3. The molecular weight excluding hydrogens is 342 g/mol. The predicted molar refractivity (Wildman–Crippen MR) is 107 cm³/mol. The topological polar surface area (TPSA) is 70.7 Å². The molecule has 0 spiro atoms. The molecule has 1 saturated heterocycles. The van der Waals surface area contributed by atoms with Gasteiger partial charge in [0.05, 0.1) is 0 Å². The number of benzene rings is 1. The molecule has 1 aromatic rings. The fraction of sp³-hybridized carbons (Fsp3) is 0.619. The Morgan fingerprint density at radius 1 is 1.26 bits per heavy atom. The summed E-state index contributed by atoms with van der Waals surface area (Å²) in [6.45, 7) is 9.80. The highest BCUT2D eigenvalue weighted by Gasteiger charge is 2.24. The molecule has 1 aromatic carbocycles. The fourth-order valence-electron chi connectivity index (χ4n) is 3.03. The number of nitrogens with one attached hydrogen (secondary N) is 2. The SMILES string of the molecule is CCC(C)NC(=O)CCNC(=O)N1CCC(Oc2cc(C)ccc2C)CC1. The highest BCUT2D eigenvalue weighted by atomic mass is 16.5. The van der Waals surface area contributed by atoms with Crippen molar-refractivity contribution in [2.75, 3.05) is 19.6 Å². The van der Waals surface area contributed by atoms with E-state index in [1.165, 1.54) is 5.56 Å². The number of hydrogen-bond acceptors (Lipinski definition) is 3. The summed E-state index contributed by atoms with van der Waals surface area (Å²) in [7, 11) is 0. The summed E-state index contributed by atoms with van der Waals surface area (Å²) in [5.74, 6) is 0.913. The molecule has 0 saturated carbocycles. The van der Waals surface area contributed by atoms with E-state index in [9.17, 15) is 9.59 Å². The number of aryl methyl sites for hydroxylation is 2. The van der Waals surface area contributed by atoms with Crippen molar-refractivity contribution in [1.82, 2.24) is 15.5 Å². The highest BCUT2D eigenvalue weighted by Crippen LogP contribution is 2.24. The number of hydrogen-bond donors (Lipinski definition) is 2. The van der Waals surface area contributed by atoms with Crippen LogP contribution in [0.15, 0.2) is 18.2 Å². The third-order valence-corrected chi connectivity index (χ3v) is 5.01. The maximum atomic E-state index is 12.3. The van der Waals surface area contributed by atoms with Gasteiger partial charge in [0.15, 0.2) is 0 Å². The van der Waals surface area contributed by atoms with Crippen LogP contribution in [0.2, 0.25) is 0 Å². The quantitative estimate of drug-likeness (QED) is 0.769. The van der Waals surface area contributed by atoms with E-state index in [4.69, 9.17) is 4.74 Å². The van der Waals surface area contributed by atoms with Gasteiger partial charge in [-0.05, 0) is 44.4 Å². The highest BCUT2D eigenvalue weighted by molar-refractivity contribution is 5.78. The number of rotatable bonds is 7. The minimum Gasteiger partial charge on any atom is -0.490 e. The minimum atomic E-state index is -0.100. The lowest BCUT2D eigenvalue weighted by atomic mass is 10.1. The Balaban J connectivity index is 1.69. The van der Waals surface area contributed by atoms with E-state index in [0.717, 1.165) is 30.6 Å². The molecule has 1 heterocycles. The van der Waals surface area contributed by atoms with Crippen LogP contribution in [0.3, 0.4) is 0 Å². The molecule has 150 valence electrons. The van der Waals surface area contributed by atoms with Gasteiger partial charge < -0.3 is 20.3 Å². The van der Waals surface area contributed by atoms with Gasteiger partial charge in [-0.3, -0.25) is 4.79 Å². The van der Waals surface area contributed by atoms with Crippen molar-refractivity contribution < 1.29 is 14.3 Å². The third kappa shape index (κ3) is 6.77. The molecule has 1 unspecified atom stereocenters. The first-order valence-electron chi connectivity index (χ1n) is 9.95. The molecule has 6 heteroatoms. The van der Waals surface area contributed by atoms with Crippen LogP contribution >= 0.6 is 0 Å². The van der Waals surface area contributed by atoms with Crippen LogP contribution in [-0.2, 0) is 4.79 Å². The lowest BCUT2D eigenvalue weighted by Gasteiger charge is -2.32. The van der Waals surface area contributed by atoms with Crippen molar-refractivity contribution in [3.05, 3.63) is 29.3 Å². The number of urea groups is 1. The lowest BCUT2D eigenvalue weighted by Crippen LogP contribution is -2.47. The van der Waals surface area contributed by atoms with E-state index in [1.54, 1.807) is 4.90 Å². The van der Waals surface area contributed by atoms with Crippen LogP contribution in [0.4, 0.5) is 4.79 Å². The van der Waals surface area contributed by atoms with Crippen molar-refractivity contribution in [3.8, 4) is 5.75 Å². The molecule has 1 aliphatic heterocycles. The fourth-order valence-corrected chi connectivity index (χ4v) is 3.03. The van der Waals surface area contributed by atoms with Gasteiger partial charge >= 0.3 is 6.03 Å². The van der Waals surface area contributed by atoms with Crippen LogP contribution in [0.5, 0.6) is 5.75 Å². The van der Waals surface area contributed by atoms with Crippen LogP contribution in [0.1, 0.15) is 50.7 Å². The number of carbonyl (C=O) groups excluding carboxylic acids is 2. The standard InChI is InChI=1S/C21H33N3O3/c1-5-17(4)23-20(25)8-11-22-21(26)24-12-9-18(10-13-24)27-19-14-15(2)6-7-16(19)3/h6-7,14,17-18H,5,8-13H2,1-4H3,(H,22,26)(H,23,25). The van der Waals surface area contributed by atoms with Crippen molar-refractivity contribution in [2.24, 2.45) is 0 Å². The summed E-state index contributed by atoms with van der Waals surface area (Å²) in [4.78, 5) is 25.8. The summed E-state index contributed by atoms with van der Waals surface area (Å²) in [5.41, 5.74) is 2.32. The second kappa shape index (κ2) is 10.2. The first-order chi connectivity index (χ1) is 12.9. The third-order valence-electron chi connectivity index (χ3n) is 5.01. The lowest BCUT2D eigenvalue weighted by molar-refractivity contribution is -0.121. The summed E-state index contributed by atoms with van der Waals surface area (Å²) in [6.07, 6.45) is 2.97. The van der Waals surface area contributed by atoms with E-state index >= 15 is 0 Å². The Morgan fingerprint density at radius 3 is 2.63 bits per heavy atom. The maximum Gasteiger partial charge on any atom is 0.317 e. The van der Waals surface area contributed by atoms with Crippen LogP contribution < -0.4 is 15.4 Å². The smallest absolute Gasteiger partial charge is 0.317 e. The van der Waals surface area contributed by atoms with E-state index in [1.807, 2.05) is 13.8 Å². The normalized spacial score (nSPS) is 15.9. The van der Waals surface area contributed by atoms with Crippen molar-refractivity contribution in [3.63, 3.8) is 0 Å². The van der Waals surface area contributed by atoms with Crippen LogP contribution in [0, 0.1) is 13.8 Å². The Morgan fingerprint density at radius 2 is 1.96 bits per heavy atom. The first-order valence-corrected chi connectivity index (χ1v) is 9.95. The monoisotopic (exact) mass is 375 g/mol. The van der Waals surface area contributed by atoms with Crippen LogP contribution in [-0.4, -0.2) is 48.6 Å². The molecule has 2 N–H and O–H groups in total. The summed E-state index contributed by atoms with van der Waals surface area (Å²) < 4.78 is 6.14. The molecule has 6 nitrogen and oxygen atoms in total. The minimum absolute atomic E-state index is 0.0229. The molecule has 0 radical (unpaired) electrons. The summed E-state index contributed by atoms with van der Waals surface area (Å²) >= 11 is 0. The predicted octanol–water partition coefficient (Wildman–Crippen LogP) is 3.16. The Hall–Kier alpha value is -2.24. The molecule has 1 atom stereocenters. The van der Waals surface area contributed by atoms with Crippen molar-refractivity contribution >= 4 is 11.9 Å². The summed E-state index contributed by atoms with van der Waals surface area (Å²) in [6, 6.07) is 6.29. The van der Waals surface area contributed by atoms with Gasteiger partial charge in [0.25, 0.3) is 0 Å². The average Bonchev–Trinajstić information content (AvgIpc) is 2.65. The molecule has 0 aromatic heterocycles. The van der Waals surface area contributed by atoms with Gasteiger partial charge in [-0.2, -0.15) is 0 Å². The van der Waals surface area contributed by atoms with Gasteiger partial charge in [-0.25, -0.2) is 4.79 Å². The van der Waals surface area contributed by atoms with Gasteiger partial charge in [-0.15, -0.1) is 0 Å². The van der Waals surface area contributed by atoms with E-state index in [-0.39, 0.29) is 24.1 Å². The molecule has 0 bridgehead atoms. The zero-order valence-corrected chi connectivity index (χ0v) is 17.0. The average molecular weight is 376 g/mol. The van der Waals surface area contributed by atoms with E-state index in [2.05, 4.69) is 42.7 Å². The van der Waals surface area contributed by atoms with Gasteiger partial charge in [0.1, 0.15) is 11.9 Å². The number of nitrogens with zero attached hydrogens (tertiary/aromatic N) is 1. The number of amides is 3. The molecule has 2 rings (SSSR count). The number of piperidine rings is 1. The zero-order chi connectivity index (χ0) is 19.8. The second-order valence-electron chi connectivity index (χ2n) is 7.43. The van der Waals surface area contributed by atoms with Gasteiger partial charge in [0, 0.05) is 44.9 Å². The Labute approximate surface area is 162 Å². The van der Waals surface area contributed by atoms with E-state index < -0.39 is 0 Å². The largest absolute Gasteiger partial charge is 0.490 e.